The van der Waals surface area contributed by atoms with Gasteiger partial charge in [-0.2, -0.15) is 0 Å². The highest BCUT2D eigenvalue weighted by Crippen LogP contribution is 2.49. The first-order valence-corrected chi connectivity index (χ1v) is 10.4. The first-order chi connectivity index (χ1) is 13.6. The van der Waals surface area contributed by atoms with Gasteiger partial charge in [-0.25, -0.2) is 0 Å². The number of morpholine rings is 1. The third-order valence-electron chi connectivity index (χ3n) is 5.44. The summed E-state index contributed by atoms with van der Waals surface area (Å²) in [6, 6.07) is 16.9. The Labute approximate surface area is 167 Å². The summed E-state index contributed by atoms with van der Waals surface area (Å²) in [5.41, 5.74) is 4.66. The SMILES string of the molecule is CC(=O)n1c2ccccc2c2c(-c3ccc(C)cc3)c(N3CCOCC3)sc21. The van der Waals surface area contributed by atoms with Crippen molar-refractivity contribution in [2.45, 2.75) is 13.8 Å². The molecular formula is C23H22N2O2S. The van der Waals surface area contributed by atoms with E-state index in [0.29, 0.717) is 0 Å². The maximum Gasteiger partial charge on any atom is 0.229 e. The molecule has 3 heterocycles. The maximum atomic E-state index is 12.5. The second kappa shape index (κ2) is 6.76. The van der Waals surface area contributed by atoms with E-state index in [-0.39, 0.29) is 5.91 Å². The van der Waals surface area contributed by atoms with Crippen LogP contribution in [0.15, 0.2) is 48.5 Å². The van der Waals surface area contributed by atoms with Gasteiger partial charge in [-0.05, 0) is 18.6 Å². The zero-order valence-corrected chi connectivity index (χ0v) is 16.9. The van der Waals surface area contributed by atoms with E-state index < -0.39 is 0 Å². The lowest BCUT2D eigenvalue weighted by molar-refractivity contribution is 0.0947. The van der Waals surface area contributed by atoms with Gasteiger partial charge in [-0.1, -0.05) is 59.4 Å². The number of nitrogens with zero attached hydrogens (tertiary/aromatic N) is 2. The summed E-state index contributed by atoms with van der Waals surface area (Å²) in [4.78, 5) is 16.0. The minimum absolute atomic E-state index is 0.0523. The highest BCUT2D eigenvalue weighted by molar-refractivity contribution is 7.23. The number of para-hydroxylation sites is 1. The van der Waals surface area contributed by atoms with Crippen molar-refractivity contribution in [3.05, 3.63) is 54.1 Å². The molecular weight excluding hydrogens is 368 g/mol. The number of rotatable bonds is 2. The van der Waals surface area contributed by atoms with Crippen LogP contribution in [0.1, 0.15) is 17.3 Å². The van der Waals surface area contributed by atoms with Gasteiger partial charge in [0.25, 0.3) is 0 Å². The fraction of sp³-hybridized carbons (Fsp3) is 0.261. The molecule has 0 amide bonds. The smallest absolute Gasteiger partial charge is 0.229 e. The number of carbonyl (C=O) groups is 1. The highest BCUT2D eigenvalue weighted by atomic mass is 32.1. The number of fused-ring (bicyclic) bond motifs is 3. The zero-order chi connectivity index (χ0) is 19.3. The average Bonchev–Trinajstić information content (AvgIpc) is 3.24. The van der Waals surface area contributed by atoms with Crippen molar-refractivity contribution in [3.8, 4) is 11.1 Å². The lowest BCUT2D eigenvalue weighted by Crippen LogP contribution is -2.35. The number of aryl methyl sites for hydroxylation is 1. The Bertz CT molecular complexity index is 1180. The summed E-state index contributed by atoms with van der Waals surface area (Å²) < 4.78 is 7.45. The number of aromatic nitrogens is 1. The molecule has 5 heteroatoms. The van der Waals surface area contributed by atoms with E-state index >= 15 is 0 Å². The molecule has 0 saturated carbocycles. The van der Waals surface area contributed by atoms with Crippen molar-refractivity contribution >= 4 is 43.4 Å². The van der Waals surface area contributed by atoms with Gasteiger partial charge in [0.15, 0.2) is 0 Å². The monoisotopic (exact) mass is 390 g/mol. The van der Waals surface area contributed by atoms with Crippen LogP contribution in [0.4, 0.5) is 5.00 Å². The van der Waals surface area contributed by atoms with Crippen LogP contribution in [0, 0.1) is 6.92 Å². The van der Waals surface area contributed by atoms with Crippen LogP contribution >= 0.6 is 11.3 Å². The van der Waals surface area contributed by atoms with E-state index in [1.807, 2.05) is 16.7 Å². The normalized spacial score (nSPS) is 14.9. The van der Waals surface area contributed by atoms with Gasteiger partial charge in [0.05, 0.1) is 18.7 Å². The fourth-order valence-electron chi connectivity index (χ4n) is 4.09. The molecule has 1 aliphatic heterocycles. The molecule has 0 N–H and O–H groups in total. The van der Waals surface area contributed by atoms with Gasteiger partial charge in [0.2, 0.25) is 5.91 Å². The second-order valence-electron chi connectivity index (χ2n) is 7.30. The standard InChI is InChI=1S/C23H22N2O2S/c1-15-7-9-17(10-8-15)20-21-18-5-3-4-6-19(18)25(16(2)26)23(21)28-22(20)24-11-13-27-14-12-24/h3-10H,11-14H2,1-2H3. The Balaban J connectivity index is 1.88. The topological polar surface area (TPSA) is 34.5 Å². The van der Waals surface area contributed by atoms with Crippen molar-refractivity contribution in [1.29, 1.82) is 0 Å². The molecule has 0 radical (unpaired) electrons. The summed E-state index contributed by atoms with van der Waals surface area (Å²) in [6.45, 7) is 6.98. The molecule has 4 nitrogen and oxygen atoms in total. The fourth-order valence-corrected chi connectivity index (χ4v) is 5.54. The molecule has 2 aromatic heterocycles. The molecule has 0 bridgehead atoms. The number of ether oxygens (including phenoxy) is 1. The highest BCUT2D eigenvalue weighted by Gasteiger charge is 2.26. The molecule has 1 fully saturated rings. The number of benzene rings is 2. The van der Waals surface area contributed by atoms with Crippen LogP contribution < -0.4 is 4.90 Å². The number of hydrogen-bond acceptors (Lipinski definition) is 4. The quantitative estimate of drug-likeness (QED) is 0.464. The van der Waals surface area contributed by atoms with E-state index in [0.717, 1.165) is 42.0 Å². The van der Waals surface area contributed by atoms with Crippen LogP contribution in [-0.4, -0.2) is 36.8 Å². The molecule has 1 saturated heterocycles. The first-order valence-electron chi connectivity index (χ1n) is 9.62. The molecule has 0 aliphatic carbocycles. The predicted octanol–water partition coefficient (Wildman–Crippen LogP) is 5.33. The zero-order valence-electron chi connectivity index (χ0n) is 16.1. The van der Waals surface area contributed by atoms with Crippen LogP contribution in [-0.2, 0) is 4.74 Å². The number of thiophene rings is 1. The lowest BCUT2D eigenvalue weighted by Gasteiger charge is -2.28. The Hall–Kier alpha value is -2.63. The molecule has 1 aliphatic rings. The van der Waals surface area contributed by atoms with Crippen LogP contribution in [0.3, 0.4) is 0 Å². The number of carbonyl (C=O) groups excluding carboxylic acids is 1. The minimum Gasteiger partial charge on any atom is -0.378 e. The van der Waals surface area contributed by atoms with Crippen molar-refractivity contribution in [2.24, 2.45) is 0 Å². The summed E-state index contributed by atoms with van der Waals surface area (Å²) in [5, 5.41) is 3.55. The number of hydrogen-bond donors (Lipinski definition) is 0. The van der Waals surface area contributed by atoms with E-state index in [2.05, 4.69) is 48.2 Å². The van der Waals surface area contributed by atoms with Crippen LogP contribution in [0.2, 0.25) is 0 Å². The Morgan fingerprint density at radius 3 is 2.46 bits per heavy atom. The molecule has 4 aromatic rings. The Morgan fingerprint density at radius 1 is 1.04 bits per heavy atom. The molecule has 0 spiro atoms. The van der Waals surface area contributed by atoms with Crippen molar-refractivity contribution in [1.82, 2.24) is 4.57 Å². The van der Waals surface area contributed by atoms with Crippen molar-refractivity contribution < 1.29 is 9.53 Å². The largest absolute Gasteiger partial charge is 0.378 e. The van der Waals surface area contributed by atoms with E-state index in [9.17, 15) is 4.79 Å². The van der Waals surface area contributed by atoms with E-state index in [1.54, 1.807) is 18.3 Å². The van der Waals surface area contributed by atoms with Crippen LogP contribution in [0.5, 0.6) is 0 Å². The van der Waals surface area contributed by atoms with E-state index in [4.69, 9.17) is 4.74 Å². The van der Waals surface area contributed by atoms with Crippen molar-refractivity contribution in [2.75, 3.05) is 31.2 Å². The molecule has 5 rings (SSSR count). The molecule has 0 atom stereocenters. The summed E-state index contributed by atoms with van der Waals surface area (Å²) in [6.07, 6.45) is 0. The van der Waals surface area contributed by atoms with Crippen LogP contribution in [0.25, 0.3) is 32.2 Å². The lowest BCUT2D eigenvalue weighted by atomic mass is 10.0. The van der Waals surface area contributed by atoms with E-state index in [1.165, 1.54) is 27.1 Å². The first kappa shape index (κ1) is 17.5. The summed E-state index contributed by atoms with van der Waals surface area (Å²) in [5.74, 6) is 0.0523. The molecule has 2 aromatic carbocycles. The molecule has 0 unspecified atom stereocenters. The minimum atomic E-state index is 0.0523. The summed E-state index contributed by atoms with van der Waals surface area (Å²) in [7, 11) is 0. The second-order valence-corrected chi connectivity index (χ2v) is 8.28. The average molecular weight is 391 g/mol. The predicted molar refractivity (Wildman–Crippen MR) is 117 cm³/mol. The molecule has 142 valence electrons. The van der Waals surface area contributed by atoms with Gasteiger partial charge >= 0.3 is 0 Å². The van der Waals surface area contributed by atoms with Gasteiger partial charge in [-0.3, -0.25) is 9.36 Å². The molecule has 28 heavy (non-hydrogen) atoms. The maximum absolute atomic E-state index is 12.5. The summed E-state index contributed by atoms with van der Waals surface area (Å²) >= 11 is 1.72. The number of anilines is 1. The van der Waals surface area contributed by atoms with Gasteiger partial charge < -0.3 is 9.64 Å². The van der Waals surface area contributed by atoms with Gasteiger partial charge in [-0.15, -0.1) is 0 Å². The third-order valence-corrected chi connectivity index (χ3v) is 6.68. The Kier molecular flexibility index (Phi) is 4.22. The van der Waals surface area contributed by atoms with Gasteiger partial charge in [0, 0.05) is 36.3 Å². The Morgan fingerprint density at radius 2 is 1.75 bits per heavy atom. The van der Waals surface area contributed by atoms with Crippen molar-refractivity contribution in [3.63, 3.8) is 0 Å². The third kappa shape index (κ3) is 2.65. The van der Waals surface area contributed by atoms with Gasteiger partial charge in [0.1, 0.15) is 9.83 Å².